The van der Waals surface area contributed by atoms with Crippen LogP contribution >= 0.6 is 0 Å². The van der Waals surface area contributed by atoms with Gasteiger partial charge in [-0.2, -0.15) is 4.31 Å². The van der Waals surface area contributed by atoms with Crippen LogP contribution in [0.1, 0.15) is 12.5 Å². The normalized spacial score (nSPS) is 11.4. The fourth-order valence-corrected chi connectivity index (χ4v) is 3.74. The van der Waals surface area contributed by atoms with Crippen LogP contribution in [-0.2, 0) is 21.2 Å². The Balaban J connectivity index is 1.91. The Kier molecular flexibility index (Phi) is 6.52. The van der Waals surface area contributed by atoms with Crippen LogP contribution in [0.2, 0.25) is 0 Å². The molecule has 0 heterocycles. The first-order valence-electron chi connectivity index (χ1n) is 7.90. The number of amides is 1. The molecule has 0 spiro atoms. The Hall–Kier alpha value is -2.18. The van der Waals surface area contributed by atoms with Crippen molar-refractivity contribution in [1.82, 2.24) is 9.62 Å². The third-order valence-corrected chi connectivity index (χ3v) is 5.57. The van der Waals surface area contributed by atoms with Crippen LogP contribution in [-0.4, -0.2) is 38.3 Å². The number of sulfonamides is 1. The summed E-state index contributed by atoms with van der Waals surface area (Å²) >= 11 is 0. The third-order valence-electron chi connectivity index (χ3n) is 3.63. The van der Waals surface area contributed by atoms with Crippen molar-refractivity contribution >= 4 is 15.9 Å². The third kappa shape index (κ3) is 4.91. The molecule has 0 fully saturated rings. The highest BCUT2D eigenvalue weighted by Crippen LogP contribution is 2.14. The summed E-state index contributed by atoms with van der Waals surface area (Å²) in [5.41, 5.74) is 1.13. The van der Waals surface area contributed by atoms with Crippen molar-refractivity contribution in [2.24, 2.45) is 0 Å². The number of nitrogens with zero attached hydrogens (tertiary/aromatic N) is 1. The number of benzene rings is 2. The largest absolute Gasteiger partial charge is 0.355 e. The second-order valence-corrected chi connectivity index (χ2v) is 7.27. The molecule has 1 N–H and O–H groups in total. The predicted octanol–water partition coefficient (Wildman–Crippen LogP) is 2.06. The van der Waals surface area contributed by atoms with Gasteiger partial charge in [-0.25, -0.2) is 8.42 Å². The van der Waals surface area contributed by atoms with Crippen molar-refractivity contribution in [2.45, 2.75) is 18.2 Å². The quantitative estimate of drug-likeness (QED) is 0.795. The minimum atomic E-state index is -3.65. The summed E-state index contributed by atoms with van der Waals surface area (Å²) in [5, 5.41) is 2.77. The van der Waals surface area contributed by atoms with E-state index in [0.717, 1.165) is 5.56 Å². The number of carbonyl (C=O) groups excluding carboxylic acids is 1. The van der Waals surface area contributed by atoms with Gasteiger partial charge in [0.1, 0.15) is 0 Å². The molecule has 0 radical (unpaired) electrons. The van der Waals surface area contributed by atoms with E-state index in [1.165, 1.54) is 16.4 Å². The molecule has 128 valence electrons. The Morgan fingerprint density at radius 3 is 2.17 bits per heavy atom. The van der Waals surface area contributed by atoms with Gasteiger partial charge in [-0.3, -0.25) is 4.79 Å². The average molecular weight is 346 g/mol. The van der Waals surface area contributed by atoms with Crippen LogP contribution in [0.3, 0.4) is 0 Å². The van der Waals surface area contributed by atoms with E-state index in [0.29, 0.717) is 13.0 Å². The zero-order chi connectivity index (χ0) is 17.4. The molecule has 0 unspecified atom stereocenters. The maximum absolute atomic E-state index is 12.5. The molecular formula is C18H22N2O3S. The summed E-state index contributed by atoms with van der Waals surface area (Å²) in [4.78, 5) is 12.3. The molecule has 6 heteroatoms. The van der Waals surface area contributed by atoms with Crippen LogP contribution in [0, 0.1) is 0 Å². The molecule has 2 rings (SSSR count). The minimum Gasteiger partial charge on any atom is -0.355 e. The molecule has 0 atom stereocenters. The van der Waals surface area contributed by atoms with E-state index >= 15 is 0 Å². The molecule has 0 aromatic heterocycles. The Labute approximate surface area is 143 Å². The molecule has 0 bridgehead atoms. The molecule has 0 saturated heterocycles. The maximum atomic E-state index is 12.5. The van der Waals surface area contributed by atoms with Crippen molar-refractivity contribution in [2.75, 3.05) is 19.6 Å². The highest BCUT2D eigenvalue weighted by atomic mass is 32.2. The summed E-state index contributed by atoms with van der Waals surface area (Å²) in [6, 6.07) is 18.0. The lowest BCUT2D eigenvalue weighted by atomic mass is 10.1. The van der Waals surface area contributed by atoms with Gasteiger partial charge in [-0.15, -0.1) is 0 Å². The van der Waals surface area contributed by atoms with E-state index in [-0.39, 0.29) is 23.9 Å². The van der Waals surface area contributed by atoms with Gasteiger partial charge in [0.05, 0.1) is 11.4 Å². The number of hydrogen-bond donors (Lipinski definition) is 1. The van der Waals surface area contributed by atoms with Crippen molar-refractivity contribution in [3.63, 3.8) is 0 Å². The van der Waals surface area contributed by atoms with Crippen LogP contribution in [0.5, 0.6) is 0 Å². The SMILES string of the molecule is CCN(CC(=O)NCCc1ccccc1)S(=O)(=O)c1ccccc1. The molecule has 2 aromatic carbocycles. The Morgan fingerprint density at radius 2 is 1.58 bits per heavy atom. The van der Waals surface area contributed by atoms with Gasteiger partial charge in [0, 0.05) is 13.1 Å². The fourth-order valence-electron chi connectivity index (χ4n) is 2.32. The Bertz CT molecular complexity index is 746. The number of nitrogens with one attached hydrogen (secondary N) is 1. The van der Waals surface area contributed by atoms with E-state index < -0.39 is 10.0 Å². The lowest BCUT2D eigenvalue weighted by molar-refractivity contribution is -0.121. The van der Waals surface area contributed by atoms with E-state index in [2.05, 4.69) is 5.32 Å². The van der Waals surface area contributed by atoms with Gasteiger partial charge in [0.25, 0.3) is 0 Å². The number of carbonyl (C=O) groups is 1. The van der Waals surface area contributed by atoms with Gasteiger partial charge in [0.15, 0.2) is 0 Å². The summed E-state index contributed by atoms with van der Waals surface area (Å²) < 4.78 is 26.3. The summed E-state index contributed by atoms with van der Waals surface area (Å²) in [5.74, 6) is -0.299. The maximum Gasteiger partial charge on any atom is 0.243 e. The molecule has 0 aliphatic heterocycles. The molecule has 0 aliphatic carbocycles. The summed E-state index contributed by atoms with van der Waals surface area (Å²) in [7, 11) is -3.65. The highest BCUT2D eigenvalue weighted by Gasteiger charge is 2.24. The summed E-state index contributed by atoms with van der Waals surface area (Å²) in [6.45, 7) is 2.26. The van der Waals surface area contributed by atoms with E-state index in [9.17, 15) is 13.2 Å². The first kappa shape index (κ1) is 18.2. The van der Waals surface area contributed by atoms with E-state index in [1.54, 1.807) is 25.1 Å². The Morgan fingerprint density at radius 1 is 1.00 bits per heavy atom. The van der Waals surface area contributed by atoms with Gasteiger partial charge >= 0.3 is 0 Å². The smallest absolute Gasteiger partial charge is 0.243 e. The molecule has 5 nitrogen and oxygen atoms in total. The molecule has 1 amide bonds. The number of hydrogen-bond acceptors (Lipinski definition) is 3. The van der Waals surface area contributed by atoms with E-state index in [4.69, 9.17) is 0 Å². The first-order valence-corrected chi connectivity index (χ1v) is 9.34. The standard InChI is InChI=1S/C18H22N2O3S/c1-2-20(24(22,23)17-11-7-4-8-12-17)15-18(21)19-14-13-16-9-5-3-6-10-16/h3-12H,2,13-15H2,1H3,(H,19,21). The monoisotopic (exact) mass is 346 g/mol. The van der Waals surface area contributed by atoms with Crippen LogP contribution in [0.15, 0.2) is 65.6 Å². The topological polar surface area (TPSA) is 66.5 Å². The van der Waals surface area contributed by atoms with Gasteiger partial charge in [0.2, 0.25) is 15.9 Å². The molecule has 2 aromatic rings. The molecule has 24 heavy (non-hydrogen) atoms. The van der Waals surface area contributed by atoms with Crippen molar-refractivity contribution < 1.29 is 13.2 Å². The van der Waals surface area contributed by atoms with Gasteiger partial charge in [-0.1, -0.05) is 55.5 Å². The van der Waals surface area contributed by atoms with E-state index in [1.807, 2.05) is 30.3 Å². The lowest BCUT2D eigenvalue weighted by Gasteiger charge is -2.20. The van der Waals surface area contributed by atoms with Gasteiger partial charge in [-0.05, 0) is 24.1 Å². The van der Waals surface area contributed by atoms with Crippen molar-refractivity contribution in [1.29, 1.82) is 0 Å². The number of rotatable bonds is 8. The zero-order valence-corrected chi connectivity index (χ0v) is 14.5. The van der Waals surface area contributed by atoms with Crippen molar-refractivity contribution in [3.05, 3.63) is 66.2 Å². The molecule has 0 aliphatic rings. The molecular weight excluding hydrogens is 324 g/mol. The van der Waals surface area contributed by atoms with Crippen molar-refractivity contribution in [3.8, 4) is 0 Å². The van der Waals surface area contributed by atoms with Crippen LogP contribution in [0.4, 0.5) is 0 Å². The predicted molar refractivity (Wildman–Crippen MR) is 94.0 cm³/mol. The minimum absolute atomic E-state index is 0.178. The summed E-state index contributed by atoms with van der Waals surface area (Å²) in [6.07, 6.45) is 0.712. The highest BCUT2D eigenvalue weighted by molar-refractivity contribution is 7.89. The molecule has 0 saturated carbocycles. The lowest BCUT2D eigenvalue weighted by Crippen LogP contribution is -2.41. The second-order valence-electron chi connectivity index (χ2n) is 5.33. The number of likely N-dealkylation sites (N-methyl/N-ethyl adjacent to an activating group) is 1. The van der Waals surface area contributed by atoms with Gasteiger partial charge < -0.3 is 5.32 Å². The second kappa shape index (κ2) is 8.61. The average Bonchev–Trinajstić information content (AvgIpc) is 2.61. The zero-order valence-electron chi connectivity index (χ0n) is 13.7. The fraction of sp³-hybridized carbons (Fsp3) is 0.278. The van der Waals surface area contributed by atoms with Crippen LogP contribution < -0.4 is 5.32 Å². The van der Waals surface area contributed by atoms with Crippen LogP contribution in [0.25, 0.3) is 0 Å². The first-order chi connectivity index (χ1) is 11.5.